The maximum Gasteiger partial charge on any atom is 0.277 e. The highest BCUT2D eigenvalue weighted by Gasteiger charge is 2.15. The minimum absolute atomic E-state index is 0.245. The average molecular weight is 285 g/mol. The monoisotopic (exact) mass is 284 g/mol. The molecule has 18 heavy (non-hydrogen) atoms. The number of benzene rings is 1. The standard InChI is InChI=1S/C12H10ClFN2OS/c13-6-5-9-10(16-12(18-9)11(15)17)7-1-3-8(14)4-2-7/h1-4H,5-6H2,(H2,15,17). The number of aromatic nitrogens is 1. The second-order valence-electron chi connectivity index (χ2n) is 3.60. The third-order valence-electron chi connectivity index (χ3n) is 2.35. The van der Waals surface area contributed by atoms with Gasteiger partial charge in [0.05, 0.1) is 5.69 Å². The summed E-state index contributed by atoms with van der Waals surface area (Å²) in [6.45, 7) is 0. The first-order chi connectivity index (χ1) is 8.61. The Kier molecular flexibility index (Phi) is 3.93. The van der Waals surface area contributed by atoms with Crippen molar-refractivity contribution >= 4 is 28.8 Å². The number of hydrogen-bond donors (Lipinski definition) is 1. The van der Waals surface area contributed by atoms with E-state index in [9.17, 15) is 9.18 Å². The van der Waals surface area contributed by atoms with Gasteiger partial charge in [0.1, 0.15) is 5.82 Å². The van der Waals surface area contributed by atoms with Crippen molar-refractivity contribution in [3.8, 4) is 11.3 Å². The van der Waals surface area contributed by atoms with Gasteiger partial charge in [0.15, 0.2) is 5.01 Å². The lowest BCUT2D eigenvalue weighted by Crippen LogP contribution is -2.10. The van der Waals surface area contributed by atoms with Crippen LogP contribution in [0.5, 0.6) is 0 Å². The van der Waals surface area contributed by atoms with Gasteiger partial charge in [-0.1, -0.05) is 0 Å². The predicted octanol–water partition coefficient (Wildman–Crippen LogP) is 2.83. The van der Waals surface area contributed by atoms with Gasteiger partial charge in [0, 0.05) is 16.3 Å². The SMILES string of the molecule is NC(=O)c1nc(-c2ccc(F)cc2)c(CCCl)s1. The molecule has 0 spiro atoms. The molecule has 0 aliphatic heterocycles. The molecule has 0 saturated heterocycles. The van der Waals surface area contributed by atoms with Gasteiger partial charge in [-0.15, -0.1) is 22.9 Å². The van der Waals surface area contributed by atoms with Gasteiger partial charge in [0.25, 0.3) is 5.91 Å². The summed E-state index contributed by atoms with van der Waals surface area (Å²) in [7, 11) is 0. The number of amides is 1. The zero-order chi connectivity index (χ0) is 13.1. The van der Waals surface area contributed by atoms with E-state index in [-0.39, 0.29) is 10.8 Å². The molecule has 94 valence electrons. The molecule has 0 unspecified atom stereocenters. The average Bonchev–Trinajstić information content (AvgIpc) is 2.75. The maximum absolute atomic E-state index is 12.9. The minimum Gasteiger partial charge on any atom is -0.364 e. The van der Waals surface area contributed by atoms with Crippen molar-refractivity contribution in [2.75, 3.05) is 5.88 Å². The van der Waals surface area contributed by atoms with Crippen molar-refractivity contribution in [3.63, 3.8) is 0 Å². The van der Waals surface area contributed by atoms with E-state index in [2.05, 4.69) is 4.98 Å². The van der Waals surface area contributed by atoms with Crippen LogP contribution < -0.4 is 5.73 Å². The van der Waals surface area contributed by atoms with E-state index < -0.39 is 5.91 Å². The highest BCUT2D eigenvalue weighted by Crippen LogP contribution is 2.29. The molecule has 2 N–H and O–H groups in total. The largest absolute Gasteiger partial charge is 0.364 e. The number of hydrogen-bond acceptors (Lipinski definition) is 3. The summed E-state index contributed by atoms with van der Waals surface area (Å²) >= 11 is 6.94. The first kappa shape index (κ1) is 13.0. The van der Waals surface area contributed by atoms with Crippen molar-refractivity contribution in [1.82, 2.24) is 4.98 Å². The first-order valence-electron chi connectivity index (χ1n) is 5.23. The molecule has 0 aliphatic carbocycles. The fourth-order valence-electron chi connectivity index (χ4n) is 1.55. The highest BCUT2D eigenvalue weighted by atomic mass is 35.5. The van der Waals surface area contributed by atoms with Crippen molar-refractivity contribution in [2.24, 2.45) is 5.73 Å². The molecule has 1 aromatic carbocycles. The van der Waals surface area contributed by atoms with Crippen molar-refractivity contribution in [3.05, 3.63) is 40.0 Å². The van der Waals surface area contributed by atoms with Crippen molar-refractivity contribution in [2.45, 2.75) is 6.42 Å². The van der Waals surface area contributed by atoms with Gasteiger partial charge in [-0.2, -0.15) is 0 Å². The lowest BCUT2D eigenvalue weighted by molar-refractivity contribution is 0.1000. The number of nitrogens with two attached hydrogens (primary N) is 1. The number of rotatable bonds is 4. The summed E-state index contributed by atoms with van der Waals surface area (Å²) in [5.41, 5.74) is 6.61. The van der Waals surface area contributed by atoms with Gasteiger partial charge in [-0.05, 0) is 30.7 Å². The van der Waals surface area contributed by atoms with Crippen LogP contribution in [0.15, 0.2) is 24.3 Å². The second kappa shape index (κ2) is 5.46. The molecule has 6 heteroatoms. The summed E-state index contributed by atoms with van der Waals surface area (Å²) in [4.78, 5) is 16.2. The molecular weight excluding hydrogens is 275 g/mol. The molecule has 0 radical (unpaired) electrons. The molecule has 1 aromatic heterocycles. The van der Waals surface area contributed by atoms with Gasteiger partial charge < -0.3 is 5.73 Å². The smallest absolute Gasteiger partial charge is 0.277 e. The molecule has 1 heterocycles. The predicted molar refractivity (Wildman–Crippen MR) is 70.4 cm³/mol. The second-order valence-corrected chi connectivity index (χ2v) is 5.06. The molecule has 0 atom stereocenters. The Bertz CT molecular complexity index is 568. The first-order valence-corrected chi connectivity index (χ1v) is 6.58. The van der Waals surface area contributed by atoms with E-state index in [4.69, 9.17) is 17.3 Å². The van der Waals surface area contributed by atoms with Crippen LogP contribution in [0.25, 0.3) is 11.3 Å². The lowest BCUT2D eigenvalue weighted by Gasteiger charge is -2.00. The van der Waals surface area contributed by atoms with Crippen molar-refractivity contribution < 1.29 is 9.18 Å². The summed E-state index contributed by atoms with van der Waals surface area (Å²) in [6, 6.07) is 5.94. The van der Waals surface area contributed by atoms with Gasteiger partial charge in [-0.25, -0.2) is 9.37 Å². The maximum atomic E-state index is 12.9. The van der Waals surface area contributed by atoms with E-state index in [1.165, 1.54) is 23.5 Å². The topological polar surface area (TPSA) is 56.0 Å². The molecule has 3 nitrogen and oxygen atoms in total. The summed E-state index contributed by atoms with van der Waals surface area (Å²) in [5, 5.41) is 0.245. The number of halogens is 2. The number of carbonyl (C=O) groups is 1. The quantitative estimate of drug-likeness (QED) is 0.878. The number of carbonyl (C=O) groups excluding carboxylic acids is 1. The molecule has 0 saturated carbocycles. The normalized spacial score (nSPS) is 10.6. The van der Waals surface area contributed by atoms with E-state index >= 15 is 0 Å². The molecular formula is C12H10ClFN2OS. The molecule has 2 rings (SSSR count). The van der Waals surface area contributed by atoms with Crippen LogP contribution >= 0.6 is 22.9 Å². The van der Waals surface area contributed by atoms with Gasteiger partial charge in [0.2, 0.25) is 0 Å². The highest BCUT2D eigenvalue weighted by molar-refractivity contribution is 7.14. The van der Waals surface area contributed by atoms with Gasteiger partial charge in [-0.3, -0.25) is 4.79 Å². The van der Waals surface area contributed by atoms with E-state index in [1.807, 2.05) is 0 Å². The summed E-state index contributed by atoms with van der Waals surface area (Å²) in [5.74, 6) is -0.457. The van der Waals surface area contributed by atoms with Gasteiger partial charge >= 0.3 is 0 Å². The van der Waals surface area contributed by atoms with E-state index in [1.54, 1.807) is 12.1 Å². The van der Waals surface area contributed by atoms with Crippen LogP contribution in [0, 0.1) is 5.82 Å². The van der Waals surface area contributed by atoms with E-state index in [0.717, 1.165) is 10.4 Å². The summed E-state index contributed by atoms with van der Waals surface area (Å²) < 4.78 is 12.9. The van der Waals surface area contributed by atoms with Crippen LogP contribution in [-0.4, -0.2) is 16.8 Å². The molecule has 0 fully saturated rings. The Morgan fingerprint density at radius 2 is 2.06 bits per heavy atom. The van der Waals surface area contributed by atoms with Crippen molar-refractivity contribution in [1.29, 1.82) is 0 Å². The van der Waals surface area contributed by atoms with Crippen LogP contribution in [-0.2, 0) is 6.42 Å². The minimum atomic E-state index is -0.566. The van der Waals surface area contributed by atoms with Crippen LogP contribution in [0.3, 0.4) is 0 Å². The lowest BCUT2D eigenvalue weighted by atomic mass is 10.1. The Morgan fingerprint density at radius 3 is 2.61 bits per heavy atom. The van der Waals surface area contributed by atoms with Crippen LogP contribution in [0.4, 0.5) is 4.39 Å². The number of nitrogens with zero attached hydrogens (tertiary/aromatic N) is 1. The number of aryl methyl sites for hydroxylation is 1. The Morgan fingerprint density at radius 1 is 1.39 bits per heavy atom. The fraction of sp³-hybridized carbons (Fsp3) is 0.167. The van der Waals surface area contributed by atoms with Crippen LogP contribution in [0.1, 0.15) is 14.7 Å². The molecule has 0 aliphatic rings. The number of thiazole rings is 1. The number of primary amides is 1. The third-order valence-corrected chi connectivity index (χ3v) is 3.67. The van der Waals surface area contributed by atoms with E-state index in [0.29, 0.717) is 18.0 Å². The molecule has 2 aromatic rings. The Labute approximate surface area is 112 Å². The molecule has 1 amide bonds. The number of alkyl halides is 1. The fourth-order valence-corrected chi connectivity index (χ4v) is 2.78. The zero-order valence-corrected chi connectivity index (χ0v) is 10.9. The zero-order valence-electron chi connectivity index (χ0n) is 9.32. The Hall–Kier alpha value is -1.46. The van der Waals surface area contributed by atoms with Crippen LogP contribution in [0.2, 0.25) is 0 Å². The molecule has 0 bridgehead atoms. The Balaban J connectivity index is 2.47. The third kappa shape index (κ3) is 2.68. The summed E-state index contributed by atoms with van der Waals surface area (Å²) in [6.07, 6.45) is 0.596.